The van der Waals surface area contributed by atoms with Gasteiger partial charge < -0.3 is 4.90 Å². The van der Waals surface area contributed by atoms with Gasteiger partial charge in [-0.2, -0.15) is 5.26 Å². The molecule has 0 spiro atoms. The van der Waals surface area contributed by atoms with Crippen LogP contribution >= 0.6 is 0 Å². The normalized spacial score (nSPS) is 9.94. The molecule has 6 heteroatoms. The zero-order valence-corrected chi connectivity index (χ0v) is 10.2. The molecular formula is C11H17N5O. The van der Waals surface area contributed by atoms with Crippen LogP contribution in [0.25, 0.3) is 0 Å². The van der Waals surface area contributed by atoms with Gasteiger partial charge in [-0.15, -0.1) is 5.10 Å². The Bertz CT molecular complexity index is 406. The Labute approximate surface area is 101 Å². The Morgan fingerprint density at radius 1 is 1.53 bits per heavy atom. The third kappa shape index (κ3) is 3.55. The van der Waals surface area contributed by atoms with Gasteiger partial charge in [0.1, 0.15) is 5.82 Å². The van der Waals surface area contributed by atoms with Crippen LogP contribution in [0.1, 0.15) is 43.1 Å². The van der Waals surface area contributed by atoms with E-state index in [1.54, 1.807) is 4.90 Å². The third-order valence-corrected chi connectivity index (χ3v) is 2.37. The van der Waals surface area contributed by atoms with Crippen molar-refractivity contribution >= 4 is 5.91 Å². The predicted molar refractivity (Wildman–Crippen MR) is 62.2 cm³/mol. The molecule has 1 heterocycles. The quantitative estimate of drug-likeness (QED) is 0.800. The highest BCUT2D eigenvalue weighted by atomic mass is 16.2. The van der Waals surface area contributed by atoms with Crippen LogP contribution in [0.2, 0.25) is 0 Å². The molecule has 1 amide bonds. The lowest BCUT2D eigenvalue weighted by Crippen LogP contribution is -2.32. The molecule has 1 aromatic heterocycles. The number of rotatable bonds is 6. The van der Waals surface area contributed by atoms with Gasteiger partial charge in [0, 0.05) is 19.5 Å². The summed E-state index contributed by atoms with van der Waals surface area (Å²) < 4.78 is 0. The maximum atomic E-state index is 12.0. The Hall–Kier alpha value is -1.90. The van der Waals surface area contributed by atoms with Crippen LogP contribution in [0.15, 0.2) is 0 Å². The number of hydrogen-bond donors (Lipinski definition) is 1. The second-order valence-electron chi connectivity index (χ2n) is 3.65. The van der Waals surface area contributed by atoms with E-state index in [2.05, 4.69) is 15.2 Å². The number of carbonyl (C=O) groups is 1. The monoisotopic (exact) mass is 235 g/mol. The summed E-state index contributed by atoms with van der Waals surface area (Å²) >= 11 is 0. The molecule has 6 nitrogen and oxygen atoms in total. The fourth-order valence-corrected chi connectivity index (χ4v) is 1.47. The zero-order chi connectivity index (χ0) is 12.7. The first-order valence-electron chi connectivity index (χ1n) is 5.80. The van der Waals surface area contributed by atoms with Crippen molar-refractivity contribution in [3.63, 3.8) is 0 Å². The van der Waals surface area contributed by atoms with Crippen molar-refractivity contribution in [2.45, 2.75) is 33.1 Å². The van der Waals surface area contributed by atoms with E-state index >= 15 is 0 Å². The molecule has 0 fully saturated rings. The van der Waals surface area contributed by atoms with Gasteiger partial charge in [0.2, 0.25) is 5.82 Å². The molecule has 0 aliphatic rings. The minimum Gasteiger partial charge on any atom is -0.335 e. The molecule has 0 saturated carbocycles. The van der Waals surface area contributed by atoms with Crippen LogP contribution < -0.4 is 0 Å². The Kier molecular flexibility index (Phi) is 5.14. The minimum atomic E-state index is -0.221. The standard InChI is InChI=1S/C11H17N5O/c1-3-6-9-13-10(15-14-9)11(17)16(4-2)8-5-7-12/h3-6,8H2,1-2H3,(H,13,14,15). The number of nitrogens with zero attached hydrogens (tertiary/aromatic N) is 4. The Balaban J connectivity index is 2.69. The van der Waals surface area contributed by atoms with Crippen molar-refractivity contribution in [1.29, 1.82) is 5.26 Å². The van der Waals surface area contributed by atoms with E-state index in [1.807, 2.05) is 19.9 Å². The number of carbonyl (C=O) groups excluding carboxylic acids is 1. The first-order valence-corrected chi connectivity index (χ1v) is 5.80. The number of aryl methyl sites for hydroxylation is 1. The predicted octanol–water partition coefficient (Wildman–Crippen LogP) is 1.13. The lowest BCUT2D eigenvalue weighted by Gasteiger charge is -2.17. The van der Waals surface area contributed by atoms with Crippen molar-refractivity contribution in [2.75, 3.05) is 13.1 Å². The van der Waals surface area contributed by atoms with Crippen molar-refractivity contribution in [1.82, 2.24) is 20.1 Å². The molecule has 0 radical (unpaired) electrons. The third-order valence-electron chi connectivity index (χ3n) is 2.37. The summed E-state index contributed by atoms with van der Waals surface area (Å²) in [5, 5.41) is 15.2. The minimum absolute atomic E-state index is 0.188. The smallest absolute Gasteiger partial charge is 0.293 e. The van der Waals surface area contributed by atoms with Gasteiger partial charge in [0.15, 0.2) is 0 Å². The van der Waals surface area contributed by atoms with Crippen molar-refractivity contribution < 1.29 is 4.79 Å². The molecule has 1 rings (SSSR count). The average molecular weight is 235 g/mol. The second-order valence-corrected chi connectivity index (χ2v) is 3.65. The highest BCUT2D eigenvalue weighted by Gasteiger charge is 2.18. The zero-order valence-electron chi connectivity index (χ0n) is 10.2. The average Bonchev–Trinajstić information content (AvgIpc) is 2.79. The second kappa shape index (κ2) is 6.63. The topological polar surface area (TPSA) is 85.7 Å². The molecule has 92 valence electrons. The van der Waals surface area contributed by atoms with Crippen molar-refractivity contribution in [3.8, 4) is 6.07 Å². The molecule has 1 aromatic rings. The van der Waals surface area contributed by atoms with E-state index in [0.717, 1.165) is 18.7 Å². The summed E-state index contributed by atoms with van der Waals surface area (Å²) in [6.45, 7) is 4.88. The largest absolute Gasteiger partial charge is 0.335 e. The van der Waals surface area contributed by atoms with E-state index in [1.165, 1.54) is 0 Å². The molecule has 0 bridgehead atoms. The van der Waals surface area contributed by atoms with Gasteiger partial charge in [-0.05, 0) is 13.3 Å². The molecule has 17 heavy (non-hydrogen) atoms. The maximum Gasteiger partial charge on any atom is 0.293 e. The number of amides is 1. The van der Waals surface area contributed by atoms with Crippen LogP contribution in [0, 0.1) is 11.3 Å². The molecule has 0 aromatic carbocycles. The fraction of sp³-hybridized carbons (Fsp3) is 0.636. The van der Waals surface area contributed by atoms with Crippen LogP contribution in [-0.2, 0) is 6.42 Å². The van der Waals surface area contributed by atoms with Crippen LogP contribution in [-0.4, -0.2) is 39.1 Å². The number of aromatic nitrogens is 3. The van der Waals surface area contributed by atoms with Crippen molar-refractivity contribution in [3.05, 3.63) is 11.6 Å². The number of aromatic amines is 1. The van der Waals surface area contributed by atoms with Gasteiger partial charge in [-0.3, -0.25) is 9.89 Å². The molecule has 0 aliphatic carbocycles. The number of H-pyrrole nitrogens is 1. The first-order chi connectivity index (χ1) is 8.22. The Morgan fingerprint density at radius 3 is 2.88 bits per heavy atom. The summed E-state index contributed by atoms with van der Waals surface area (Å²) in [6, 6.07) is 2.02. The summed E-state index contributed by atoms with van der Waals surface area (Å²) in [6.07, 6.45) is 2.06. The molecular weight excluding hydrogens is 218 g/mol. The van der Waals surface area contributed by atoms with Crippen LogP contribution in [0.3, 0.4) is 0 Å². The summed E-state index contributed by atoms with van der Waals surface area (Å²) in [4.78, 5) is 17.7. The van der Waals surface area contributed by atoms with Gasteiger partial charge in [-0.1, -0.05) is 6.92 Å². The van der Waals surface area contributed by atoms with Gasteiger partial charge >= 0.3 is 0 Å². The Morgan fingerprint density at radius 2 is 2.29 bits per heavy atom. The molecule has 0 aliphatic heterocycles. The summed E-state index contributed by atoms with van der Waals surface area (Å²) in [7, 11) is 0. The molecule has 0 unspecified atom stereocenters. The lowest BCUT2D eigenvalue weighted by atomic mass is 10.3. The summed E-state index contributed by atoms with van der Waals surface area (Å²) in [5.74, 6) is 0.696. The molecule has 0 saturated heterocycles. The highest BCUT2D eigenvalue weighted by Crippen LogP contribution is 2.02. The lowest BCUT2D eigenvalue weighted by molar-refractivity contribution is 0.0756. The van der Waals surface area contributed by atoms with Gasteiger partial charge in [0.25, 0.3) is 5.91 Å². The number of nitrogens with one attached hydrogen (secondary N) is 1. The van der Waals surface area contributed by atoms with Crippen molar-refractivity contribution in [2.24, 2.45) is 0 Å². The highest BCUT2D eigenvalue weighted by molar-refractivity contribution is 5.90. The summed E-state index contributed by atoms with van der Waals surface area (Å²) in [5.41, 5.74) is 0. The number of nitriles is 1. The van der Waals surface area contributed by atoms with E-state index in [4.69, 9.17) is 5.26 Å². The maximum absolute atomic E-state index is 12.0. The van der Waals surface area contributed by atoms with E-state index < -0.39 is 0 Å². The first kappa shape index (κ1) is 13.2. The number of hydrogen-bond acceptors (Lipinski definition) is 4. The van der Waals surface area contributed by atoms with E-state index in [9.17, 15) is 4.79 Å². The van der Waals surface area contributed by atoms with Crippen LogP contribution in [0.5, 0.6) is 0 Å². The molecule has 1 N–H and O–H groups in total. The van der Waals surface area contributed by atoms with E-state index in [0.29, 0.717) is 19.5 Å². The molecule has 0 atom stereocenters. The van der Waals surface area contributed by atoms with Crippen LogP contribution in [0.4, 0.5) is 0 Å². The SMILES string of the molecule is CCCc1nc(C(=O)N(CC)CCC#N)n[nH]1. The van der Waals surface area contributed by atoms with Gasteiger partial charge in [0.05, 0.1) is 12.5 Å². The van der Waals surface area contributed by atoms with Gasteiger partial charge in [-0.25, -0.2) is 4.98 Å². The van der Waals surface area contributed by atoms with E-state index in [-0.39, 0.29) is 11.7 Å². The fourth-order valence-electron chi connectivity index (χ4n) is 1.47.